The summed E-state index contributed by atoms with van der Waals surface area (Å²) in [6.45, 7) is 0.408. The fourth-order valence-electron chi connectivity index (χ4n) is 0.929. The van der Waals surface area contributed by atoms with Crippen LogP contribution in [0.25, 0.3) is 0 Å². The van der Waals surface area contributed by atoms with Gasteiger partial charge >= 0.3 is 0 Å². The van der Waals surface area contributed by atoms with E-state index < -0.39 is 28.1 Å². The van der Waals surface area contributed by atoms with Crippen LogP contribution in [-0.4, -0.2) is 0 Å². The van der Waals surface area contributed by atoms with E-state index in [9.17, 15) is 17.6 Å². The van der Waals surface area contributed by atoms with Crippen LogP contribution >= 0.6 is 11.6 Å². The lowest BCUT2D eigenvalue weighted by Gasteiger charge is -2.12. The Hall–Kier alpha value is -0.770. The number of rotatable bonds is 1. The van der Waals surface area contributed by atoms with Crippen LogP contribution in [0.2, 0.25) is 5.02 Å². The van der Waals surface area contributed by atoms with Gasteiger partial charge in [-0.25, -0.2) is 17.6 Å². The molecule has 1 rings (SSSR count). The summed E-state index contributed by atoms with van der Waals surface area (Å²) in [6.07, 6.45) is 0. The van der Waals surface area contributed by atoms with Crippen molar-refractivity contribution in [2.45, 2.75) is 12.8 Å². The van der Waals surface area contributed by atoms with Gasteiger partial charge in [0.15, 0.2) is 5.82 Å². The maximum absolute atomic E-state index is 12.9. The highest BCUT2D eigenvalue weighted by Crippen LogP contribution is 2.34. The van der Waals surface area contributed by atoms with E-state index >= 15 is 0 Å². The Balaban J connectivity index is 3.43. The number of hydrogen-bond donors (Lipinski definition) is 0. The van der Waals surface area contributed by atoms with Crippen molar-refractivity contribution in [3.05, 3.63) is 34.4 Å². The van der Waals surface area contributed by atoms with Crippen LogP contribution in [0.5, 0.6) is 0 Å². The van der Waals surface area contributed by atoms with Crippen LogP contribution < -0.4 is 0 Å². The number of alkyl halides is 2. The molecule has 1 aromatic rings. The van der Waals surface area contributed by atoms with Crippen LogP contribution in [0.15, 0.2) is 12.1 Å². The minimum atomic E-state index is -3.57. The van der Waals surface area contributed by atoms with Crippen molar-refractivity contribution >= 4 is 11.6 Å². The summed E-state index contributed by atoms with van der Waals surface area (Å²) in [7, 11) is 0. The van der Waals surface area contributed by atoms with Crippen LogP contribution in [0.3, 0.4) is 0 Å². The highest BCUT2D eigenvalue weighted by Gasteiger charge is 2.33. The van der Waals surface area contributed by atoms with Crippen molar-refractivity contribution in [3.8, 4) is 0 Å². The quantitative estimate of drug-likeness (QED) is 0.492. The minimum Gasteiger partial charge on any atom is -0.206 e. The second kappa shape index (κ2) is 3.18. The molecule has 0 heterocycles. The molecule has 0 radical (unpaired) electrons. The summed E-state index contributed by atoms with van der Waals surface area (Å²) < 4.78 is 50.9. The monoisotopic (exact) mass is 212 g/mol. The highest BCUT2D eigenvalue weighted by atomic mass is 35.5. The van der Waals surface area contributed by atoms with Gasteiger partial charge in [-0.15, -0.1) is 0 Å². The number of benzene rings is 1. The number of hydrogen-bond acceptors (Lipinski definition) is 0. The first kappa shape index (κ1) is 10.3. The van der Waals surface area contributed by atoms with Crippen molar-refractivity contribution in [3.63, 3.8) is 0 Å². The van der Waals surface area contributed by atoms with Crippen LogP contribution in [0.1, 0.15) is 12.5 Å². The van der Waals surface area contributed by atoms with Gasteiger partial charge in [0.05, 0.1) is 10.6 Å². The fourth-order valence-corrected chi connectivity index (χ4v) is 1.09. The van der Waals surface area contributed by atoms with Crippen molar-refractivity contribution in [1.29, 1.82) is 0 Å². The van der Waals surface area contributed by atoms with E-state index in [2.05, 4.69) is 0 Å². The lowest BCUT2D eigenvalue weighted by molar-refractivity contribution is 0.00986. The molecule has 0 atom stereocenters. The van der Waals surface area contributed by atoms with Crippen LogP contribution in [0.4, 0.5) is 17.6 Å². The maximum atomic E-state index is 12.9. The topological polar surface area (TPSA) is 0 Å². The summed E-state index contributed by atoms with van der Waals surface area (Å²) in [5, 5.41) is -0.516. The molecular weight excluding hydrogens is 208 g/mol. The van der Waals surface area contributed by atoms with Gasteiger partial charge in [0.2, 0.25) is 0 Å². The molecule has 72 valence electrons. The van der Waals surface area contributed by atoms with Gasteiger partial charge in [-0.3, -0.25) is 0 Å². The molecule has 0 N–H and O–H groups in total. The molecule has 0 fully saturated rings. The Kier molecular flexibility index (Phi) is 2.52. The summed E-state index contributed by atoms with van der Waals surface area (Å²) in [6, 6.07) is 1.60. The van der Waals surface area contributed by atoms with Gasteiger partial charge in [-0.05, 0) is 12.1 Å². The molecule has 0 unspecified atom stereocenters. The van der Waals surface area contributed by atoms with Crippen LogP contribution in [-0.2, 0) is 5.92 Å². The van der Waals surface area contributed by atoms with Gasteiger partial charge in [-0.2, -0.15) is 0 Å². The summed E-state index contributed by atoms with van der Waals surface area (Å²) in [5.41, 5.74) is -1.29. The molecule has 0 bridgehead atoms. The molecule has 0 aliphatic carbocycles. The van der Waals surface area contributed by atoms with Gasteiger partial charge in [0, 0.05) is 6.92 Å². The highest BCUT2D eigenvalue weighted by molar-refractivity contribution is 6.30. The third kappa shape index (κ3) is 1.94. The second-order valence-corrected chi connectivity index (χ2v) is 3.01. The Bertz CT molecular complexity index is 330. The summed E-state index contributed by atoms with van der Waals surface area (Å²) in [5.74, 6) is -6.28. The molecule has 0 aliphatic rings. The predicted molar refractivity (Wildman–Crippen MR) is 40.9 cm³/mol. The zero-order chi connectivity index (χ0) is 10.2. The molecule has 0 saturated carbocycles. The van der Waals surface area contributed by atoms with E-state index in [-0.39, 0.29) is 0 Å². The third-order valence-corrected chi connectivity index (χ3v) is 1.77. The molecular formula is C8H5ClF4. The molecule has 0 nitrogen and oxygen atoms in total. The van der Waals surface area contributed by atoms with E-state index in [4.69, 9.17) is 11.6 Å². The largest absolute Gasteiger partial charge is 0.276 e. The summed E-state index contributed by atoms with van der Waals surface area (Å²) >= 11 is 5.22. The summed E-state index contributed by atoms with van der Waals surface area (Å²) in [4.78, 5) is 0. The molecule has 5 heteroatoms. The first-order valence-corrected chi connectivity index (χ1v) is 3.73. The number of halogens is 5. The average Bonchev–Trinajstić information content (AvgIpc) is 1.95. The Morgan fingerprint density at radius 2 is 1.77 bits per heavy atom. The first-order chi connectivity index (χ1) is 5.84. The zero-order valence-corrected chi connectivity index (χ0v) is 7.30. The maximum Gasteiger partial charge on any atom is 0.276 e. The molecule has 0 amide bonds. The smallest absolute Gasteiger partial charge is 0.206 e. The van der Waals surface area contributed by atoms with Gasteiger partial charge in [0.25, 0.3) is 5.92 Å². The van der Waals surface area contributed by atoms with E-state index in [1.165, 1.54) is 0 Å². The Labute approximate surface area is 77.1 Å². The fraction of sp³-hybridized carbons (Fsp3) is 0.250. The Morgan fingerprint density at radius 1 is 1.23 bits per heavy atom. The van der Waals surface area contributed by atoms with Gasteiger partial charge in [-0.1, -0.05) is 11.6 Å². The van der Waals surface area contributed by atoms with E-state index in [0.29, 0.717) is 13.0 Å². The van der Waals surface area contributed by atoms with Crippen molar-refractivity contribution in [2.75, 3.05) is 0 Å². The van der Waals surface area contributed by atoms with Crippen molar-refractivity contribution < 1.29 is 17.6 Å². The van der Waals surface area contributed by atoms with E-state index in [1.807, 2.05) is 0 Å². The van der Waals surface area contributed by atoms with E-state index in [0.717, 1.165) is 6.07 Å². The lowest BCUT2D eigenvalue weighted by Crippen LogP contribution is -2.13. The first-order valence-electron chi connectivity index (χ1n) is 3.36. The lowest BCUT2D eigenvalue weighted by atomic mass is 10.1. The van der Waals surface area contributed by atoms with Gasteiger partial charge < -0.3 is 0 Å². The zero-order valence-electron chi connectivity index (χ0n) is 6.54. The Morgan fingerprint density at radius 3 is 2.15 bits per heavy atom. The molecule has 0 aromatic heterocycles. The molecule has 1 aromatic carbocycles. The molecule has 0 saturated heterocycles. The normalized spacial score (nSPS) is 11.8. The van der Waals surface area contributed by atoms with Crippen LogP contribution in [0, 0.1) is 11.6 Å². The van der Waals surface area contributed by atoms with E-state index in [1.54, 1.807) is 0 Å². The van der Waals surface area contributed by atoms with Crippen molar-refractivity contribution in [1.82, 2.24) is 0 Å². The molecule has 0 aliphatic heterocycles. The standard InChI is InChI=1S/C8H5ClF4/c1-8(12,13)6-5(10)3-2-4(9)7(6)11/h2-3H,1H3. The van der Waals surface area contributed by atoms with Crippen molar-refractivity contribution in [2.24, 2.45) is 0 Å². The second-order valence-electron chi connectivity index (χ2n) is 2.61. The molecule has 13 heavy (non-hydrogen) atoms. The average molecular weight is 213 g/mol. The molecule has 0 spiro atoms. The minimum absolute atomic E-state index is 0.408. The predicted octanol–water partition coefficient (Wildman–Crippen LogP) is 3.73. The third-order valence-electron chi connectivity index (χ3n) is 1.48. The van der Waals surface area contributed by atoms with Gasteiger partial charge in [0.1, 0.15) is 5.82 Å². The SMILES string of the molecule is CC(F)(F)c1c(F)ccc(Cl)c1F.